The van der Waals surface area contributed by atoms with Gasteiger partial charge >= 0.3 is 5.97 Å². The van der Waals surface area contributed by atoms with Crippen LogP contribution in [0.1, 0.15) is 17.3 Å². The van der Waals surface area contributed by atoms with Crippen LogP contribution in [0.25, 0.3) is 0 Å². The van der Waals surface area contributed by atoms with Gasteiger partial charge in [-0.05, 0) is 79.7 Å². The smallest absolute Gasteiger partial charge is 0.338 e. The van der Waals surface area contributed by atoms with Crippen molar-refractivity contribution in [3.63, 3.8) is 0 Å². The zero-order valence-corrected chi connectivity index (χ0v) is 19.2. The van der Waals surface area contributed by atoms with E-state index in [2.05, 4.69) is 10.0 Å². The lowest BCUT2D eigenvalue weighted by Crippen LogP contribution is -2.20. The van der Waals surface area contributed by atoms with E-state index in [-0.39, 0.29) is 18.1 Å². The number of halogens is 1. The van der Waals surface area contributed by atoms with Crippen LogP contribution in [0.15, 0.2) is 77.7 Å². The number of hydrogen-bond acceptors (Lipinski definition) is 6. The first kappa shape index (κ1) is 24.1. The first-order valence-corrected chi connectivity index (χ1v) is 11.7. The van der Waals surface area contributed by atoms with Crippen molar-refractivity contribution in [2.45, 2.75) is 11.8 Å². The molecule has 33 heavy (non-hydrogen) atoms. The molecule has 0 unspecified atom stereocenters. The number of rotatable bonds is 9. The van der Waals surface area contributed by atoms with E-state index in [4.69, 9.17) is 21.1 Å². The first-order valence-electron chi connectivity index (χ1n) is 9.85. The van der Waals surface area contributed by atoms with Gasteiger partial charge in [-0.25, -0.2) is 13.2 Å². The highest BCUT2D eigenvalue weighted by molar-refractivity contribution is 7.92. The van der Waals surface area contributed by atoms with Gasteiger partial charge in [0.25, 0.3) is 15.9 Å². The lowest BCUT2D eigenvalue weighted by Gasteiger charge is -2.10. The summed E-state index contributed by atoms with van der Waals surface area (Å²) < 4.78 is 37.8. The predicted molar refractivity (Wildman–Crippen MR) is 125 cm³/mol. The predicted octanol–water partition coefficient (Wildman–Crippen LogP) is 4.34. The van der Waals surface area contributed by atoms with Crippen molar-refractivity contribution >= 4 is 44.9 Å². The highest BCUT2D eigenvalue weighted by Gasteiger charge is 2.14. The fraction of sp³-hybridized carbons (Fsp3) is 0.130. The maximum atomic E-state index is 12.5. The Morgan fingerprint density at radius 2 is 1.48 bits per heavy atom. The minimum absolute atomic E-state index is 0.0379. The number of sulfonamides is 1. The monoisotopic (exact) mass is 488 g/mol. The summed E-state index contributed by atoms with van der Waals surface area (Å²) in [5.74, 6) is -0.527. The van der Waals surface area contributed by atoms with Gasteiger partial charge in [-0.1, -0.05) is 11.6 Å². The van der Waals surface area contributed by atoms with Gasteiger partial charge in [0.1, 0.15) is 5.75 Å². The molecule has 0 aliphatic rings. The van der Waals surface area contributed by atoms with E-state index in [1.807, 2.05) is 0 Å². The molecule has 0 heterocycles. The van der Waals surface area contributed by atoms with Crippen molar-refractivity contribution in [1.29, 1.82) is 0 Å². The molecule has 0 spiro atoms. The molecule has 3 rings (SSSR count). The fourth-order valence-corrected chi connectivity index (χ4v) is 3.88. The van der Waals surface area contributed by atoms with Crippen molar-refractivity contribution in [2.75, 3.05) is 23.3 Å². The molecule has 0 aliphatic carbocycles. The number of anilines is 2. The summed E-state index contributed by atoms with van der Waals surface area (Å²) >= 11 is 5.81. The third-order valence-corrected chi connectivity index (χ3v) is 5.93. The molecule has 10 heteroatoms. The molecule has 3 aromatic rings. The molecular formula is C23H21ClN2O6S. The van der Waals surface area contributed by atoms with Gasteiger partial charge in [-0.3, -0.25) is 9.52 Å². The van der Waals surface area contributed by atoms with Crippen LogP contribution in [0.3, 0.4) is 0 Å². The second-order valence-electron chi connectivity index (χ2n) is 6.72. The summed E-state index contributed by atoms with van der Waals surface area (Å²) in [5.41, 5.74) is 1.25. The summed E-state index contributed by atoms with van der Waals surface area (Å²) in [6.45, 7) is 1.71. The van der Waals surface area contributed by atoms with E-state index in [1.165, 1.54) is 24.3 Å². The van der Waals surface area contributed by atoms with Gasteiger partial charge in [-0.2, -0.15) is 0 Å². The standard InChI is InChI=1S/C23H21ClN2O6S/c1-2-31-23(28)16-3-7-18(8-4-16)25-22(27)15-32-20-11-13-21(14-12-20)33(29,30)26-19-9-5-17(24)6-10-19/h3-14,26H,2,15H2,1H3,(H,25,27). The van der Waals surface area contributed by atoms with Crippen LogP contribution in [-0.2, 0) is 19.6 Å². The number of amides is 1. The number of carbonyl (C=O) groups excluding carboxylic acids is 2. The number of benzene rings is 3. The highest BCUT2D eigenvalue weighted by atomic mass is 35.5. The van der Waals surface area contributed by atoms with Crippen molar-refractivity contribution in [1.82, 2.24) is 0 Å². The van der Waals surface area contributed by atoms with Crippen LogP contribution in [0, 0.1) is 0 Å². The Hall–Kier alpha value is -3.56. The third-order valence-electron chi connectivity index (χ3n) is 4.28. The van der Waals surface area contributed by atoms with Crippen LogP contribution >= 0.6 is 11.6 Å². The van der Waals surface area contributed by atoms with Gasteiger partial charge in [0.05, 0.1) is 17.1 Å². The summed E-state index contributed by atoms with van der Waals surface area (Å²) in [5, 5.41) is 3.14. The van der Waals surface area contributed by atoms with Crippen LogP contribution in [0.2, 0.25) is 5.02 Å². The average molecular weight is 489 g/mol. The molecule has 172 valence electrons. The Morgan fingerprint density at radius 3 is 2.09 bits per heavy atom. The Bertz CT molecular complexity index is 1210. The molecule has 0 saturated heterocycles. The zero-order valence-electron chi connectivity index (χ0n) is 17.6. The number of nitrogens with one attached hydrogen (secondary N) is 2. The van der Waals surface area contributed by atoms with Crippen molar-refractivity contribution < 1.29 is 27.5 Å². The topological polar surface area (TPSA) is 111 Å². The van der Waals surface area contributed by atoms with E-state index >= 15 is 0 Å². The number of ether oxygens (including phenoxy) is 2. The highest BCUT2D eigenvalue weighted by Crippen LogP contribution is 2.21. The van der Waals surface area contributed by atoms with Crippen molar-refractivity contribution in [2.24, 2.45) is 0 Å². The van der Waals surface area contributed by atoms with Crippen molar-refractivity contribution in [3.8, 4) is 5.75 Å². The van der Waals surface area contributed by atoms with Gasteiger partial charge < -0.3 is 14.8 Å². The van der Waals surface area contributed by atoms with E-state index in [1.54, 1.807) is 55.5 Å². The molecule has 0 bridgehead atoms. The Kier molecular flexibility index (Phi) is 7.92. The summed E-state index contributed by atoms with van der Waals surface area (Å²) in [6, 6.07) is 18.2. The first-order chi connectivity index (χ1) is 15.8. The molecule has 0 radical (unpaired) electrons. The largest absolute Gasteiger partial charge is 0.484 e. The minimum atomic E-state index is -3.79. The molecule has 2 N–H and O–H groups in total. The van der Waals surface area contributed by atoms with E-state index in [0.717, 1.165) is 0 Å². The molecule has 3 aromatic carbocycles. The normalized spacial score (nSPS) is 10.8. The molecular weight excluding hydrogens is 468 g/mol. The van der Waals surface area contributed by atoms with Crippen LogP contribution in [-0.4, -0.2) is 33.5 Å². The third kappa shape index (κ3) is 6.96. The van der Waals surface area contributed by atoms with Gasteiger partial charge in [0.2, 0.25) is 0 Å². The number of esters is 1. The summed E-state index contributed by atoms with van der Waals surface area (Å²) in [4.78, 5) is 23.8. The Balaban J connectivity index is 1.53. The number of carbonyl (C=O) groups is 2. The second kappa shape index (κ2) is 10.8. The zero-order chi connectivity index (χ0) is 23.8. The molecule has 1 amide bonds. The SMILES string of the molecule is CCOC(=O)c1ccc(NC(=O)COc2ccc(S(=O)(=O)Nc3ccc(Cl)cc3)cc2)cc1. The molecule has 8 nitrogen and oxygen atoms in total. The fourth-order valence-electron chi connectivity index (χ4n) is 2.70. The molecule has 0 atom stereocenters. The van der Waals surface area contributed by atoms with Gasteiger partial charge in [0, 0.05) is 16.4 Å². The maximum Gasteiger partial charge on any atom is 0.338 e. The van der Waals surface area contributed by atoms with Crippen LogP contribution in [0.4, 0.5) is 11.4 Å². The Morgan fingerprint density at radius 1 is 0.879 bits per heavy atom. The van der Waals surface area contributed by atoms with Gasteiger partial charge in [0.15, 0.2) is 6.61 Å². The molecule has 0 aromatic heterocycles. The minimum Gasteiger partial charge on any atom is -0.484 e. The average Bonchev–Trinajstić information content (AvgIpc) is 2.80. The molecule has 0 saturated carbocycles. The quantitative estimate of drug-likeness (QED) is 0.433. The van der Waals surface area contributed by atoms with Gasteiger partial charge in [-0.15, -0.1) is 0 Å². The second-order valence-corrected chi connectivity index (χ2v) is 8.84. The maximum absolute atomic E-state index is 12.5. The van der Waals surface area contributed by atoms with Crippen LogP contribution in [0.5, 0.6) is 5.75 Å². The number of hydrogen-bond donors (Lipinski definition) is 2. The summed E-state index contributed by atoms with van der Waals surface area (Å²) in [6.07, 6.45) is 0. The lowest BCUT2D eigenvalue weighted by molar-refractivity contribution is -0.118. The van der Waals surface area contributed by atoms with E-state index in [0.29, 0.717) is 27.7 Å². The van der Waals surface area contributed by atoms with E-state index in [9.17, 15) is 18.0 Å². The molecule has 0 fully saturated rings. The summed E-state index contributed by atoms with van der Waals surface area (Å²) in [7, 11) is -3.79. The van der Waals surface area contributed by atoms with E-state index < -0.39 is 21.9 Å². The van der Waals surface area contributed by atoms with Crippen LogP contribution < -0.4 is 14.8 Å². The molecule has 0 aliphatic heterocycles. The van der Waals surface area contributed by atoms with Crippen molar-refractivity contribution in [3.05, 3.63) is 83.4 Å². The Labute approximate surface area is 196 Å². The lowest BCUT2D eigenvalue weighted by atomic mass is 10.2.